The molecule has 3 aromatic rings. The van der Waals surface area contributed by atoms with Crippen LogP contribution in [0.15, 0.2) is 60.9 Å². The van der Waals surface area contributed by atoms with Crippen molar-refractivity contribution in [3.05, 3.63) is 72.1 Å². The molecule has 2 aromatic carbocycles. The van der Waals surface area contributed by atoms with Gasteiger partial charge >= 0.3 is 0 Å². The number of anilines is 4. The molecule has 0 fully saturated rings. The van der Waals surface area contributed by atoms with Gasteiger partial charge in [-0.2, -0.15) is 0 Å². The Morgan fingerprint density at radius 1 is 0.923 bits per heavy atom. The minimum absolute atomic E-state index is 0.0315. The van der Waals surface area contributed by atoms with Crippen molar-refractivity contribution >= 4 is 28.8 Å². The molecule has 0 spiro atoms. The Morgan fingerprint density at radius 3 is 2.38 bits per heavy atom. The van der Waals surface area contributed by atoms with Crippen molar-refractivity contribution in [2.75, 3.05) is 10.6 Å². The van der Waals surface area contributed by atoms with E-state index in [4.69, 9.17) is 0 Å². The topological polar surface area (TPSA) is 66.9 Å². The van der Waals surface area contributed by atoms with Gasteiger partial charge in [-0.05, 0) is 36.6 Å². The monoisotopic (exact) mass is 346 g/mol. The Morgan fingerprint density at radius 2 is 1.65 bits per heavy atom. The summed E-state index contributed by atoms with van der Waals surface area (Å²) in [5, 5.41) is 6.58. The SMILES string of the molecule is CC(=O)c1cccc(Nc2cc(Nc3ccccc3C(C)C)ncn2)c1. The molecule has 0 unspecified atom stereocenters. The van der Waals surface area contributed by atoms with E-state index in [0.717, 1.165) is 11.4 Å². The van der Waals surface area contributed by atoms with Gasteiger partial charge in [-0.15, -0.1) is 0 Å². The molecule has 5 nitrogen and oxygen atoms in total. The molecule has 26 heavy (non-hydrogen) atoms. The highest BCUT2D eigenvalue weighted by Gasteiger charge is 2.08. The second-order valence-corrected chi connectivity index (χ2v) is 6.42. The molecule has 5 heteroatoms. The largest absolute Gasteiger partial charge is 0.340 e. The molecule has 1 aromatic heterocycles. The van der Waals surface area contributed by atoms with Crippen molar-refractivity contribution in [1.29, 1.82) is 0 Å². The number of para-hydroxylation sites is 1. The number of hydrogen-bond donors (Lipinski definition) is 2. The summed E-state index contributed by atoms with van der Waals surface area (Å²) in [4.78, 5) is 20.1. The zero-order chi connectivity index (χ0) is 18.5. The summed E-state index contributed by atoms with van der Waals surface area (Å²) in [5.41, 5.74) is 3.73. The number of Topliss-reactive ketones (excluding diaryl/α,β-unsaturated/α-hetero) is 1. The summed E-state index contributed by atoms with van der Waals surface area (Å²) in [5.74, 6) is 1.81. The van der Waals surface area contributed by atoms with Crippen LogP contribution in [0.25, 0.3) is 0 Å². The average Bonchev–Trinajstić information content (AvgIpc) is 2.62. The number of rotatable bonds is 6. The first-order chi connectivity index (χ1) is 12.5. The van der Waals surface area contributed by atoms with Crippen molar-refractivity contribution in [3.8, 4) is 0 Å². The number of ketones is 1. The third-order valence-electron chi connectivity index (χ3n) is 4.05. The maximum atomic E-state index is 11.5. The molecular formula is C21H22N4O. The molecule has 0 bridgehead atoms. The molecule has 0 aliphatic heterocycles. The predicted octanol–water partition coefficient (Wildman–Crippen LogP) is 5.29. The van der Waals surface area contributed by atoms with Gasteiger partial charge in [-0.1, -0.05) is 44.2 Å². The first kappa shape index (κ1) is 17.6. The highest BCUT2D eigenvalue weighted by Crippen LogP contribution is 2.27. The average molecular weight is 346 g/mol. The third kappa shape index (κ3) is 4.25. The zero-order valence-electron chi connectivity index (χ0n) is 15.2. The maximum absolute atomic E-state index is 11.5. The van der Waals surface area contributed by atoms with Gasteiger partial charge < -0.3 is 10.6 Å². The van der Waals surface area contributed by atoms with Crippen LogP contribution in [0.1, 0.15) is 42.6 Å². The summed E-state index contributed by atoms with van der Waals surface area (Å²) in [6, 6.07) is 17.4. The fourth-order valence-corrected chi connectivity index (χ4v) is 2.71. The normalized spacial score (nSPS) is 10.6. The molecule has 0 saturated carbocycles. The zero-order valence-corrected chi connectivity index (χ0v) is 15.2. The molecule has 0 saturated heterocycles. The van der Waals surface area contributed by atoms with E-state index in [1.165, 1.54) is 11.9 Å². The van der Waals surface area contributed by atoms with Crippen molar-refractivity contribution in [1.82, 2.24) is 9.97 Å². The number of nitrogens with zero attached hydrogens (tertiary/aromatic N) is 2. The van der Waals surface area contributed by atoms with Crippen molar-refractivity contribution < 1.29 is 4.79 Å². The number of aromatic nitrogens is 2. The summed E-state index contributed by atoms with van der Waals surface area (Å²) in [7, 11) is 0. The lowest BCUT2D eigenvalue weighted by Gasteiger charge is -2.14. The quantitative estimate of drug-likeness (QED) is 0.594. The first-order valence-electron chi connectivity index (χ1n) is 8.59. The van der Waals surface area contributed by atoms with Crippen LogP contribution in [0, 0.1) is 0 Å². The van der Waals surface area contributed by atoms with Gasteiger partial charge in [0.2, 0.25) is 0 Å². The van der Waals surface area contributed by atoms with E-state index in [1.807, 2.05) is 42.5 Å². The Kier molecular flexibility index (Phi) is 5.27. The van der Waals surface area contributed by atoms with Crippen molar-refractivity contribution in [2.24, 2.45) is 0 Å². The summed E-state index contributed by atoms with van der Waals surface area (Å²) >= 11 is 0. The molecule has 2 N–H and O–H groups in total. The number of hydrogen-bond acceptors (Lipinski definition) is 5. The van der Waals surface area contributed by atoms with E-state index in [1.54, 1.807) is 13.0 Å². The lowest BCUT2D eigenvalue weighted by molar-refractivity contribution is 0.101. The van der Waals surface area contributed by atoms with Crippen LogP contribution in [0.5, 0.6) is 0 Å². The number of benzene rings is 2. The fourth-order valence-electron chi connectivity index (χ4n) is 2.71. The fraction of sp³-hybridized carbons (Fsp3) is 0.190. The second kappa shape index (κ2) is 7.78. The van der Waals surface area contributed by atoms with Gasteiger partial charge in [-0.3, -0.25) is 4.79 Å². The molecule has 0 aliphatic rings. The lowest BCUT2D eigenvalue weighted by atomic mass is 10.0. The smallest absolute Gasteiger partial charge is 0.159 e. The van der Waals surface area contributed by atoms with Gasteiger partial charge in [-0.25, -0.2) is 9.97 Å². The van der Waals surface area contributed by atoms with Crippen LogP contribution in [-0.2, 0) is 0 Å². The third-order valence-corrected chi connectivity index (χ3v) is 4.05. The molecule has 0 amide bonds. The Bertz CT molecular complexity index is 921. The van der Waals surface area contributed by atoms with Crippen LogP contribution in [-0.4, -0.2) is 15.8 Å². The number of carbonyl (C=O) groups excluding carboxylic acids is 1. The lowest BCUT2D eigenvalue weighted by Crippen LogP contribution is -2.01. The van der Waals surface area contributed by atoms with Crippen LogP contribution >= 0.6 is 0 Å². The van der Waals surface area contributed by atoms with Gasteiger partial charge in [0.05, 0.1) is 0 Å². The molecule has 3 rings (SSSR count). The standard InChI is InChI=1S/C21H22N4O/c1-14(2)18-9-4-5-10-19(18)25-21-12-20(22-13-23-21)24-17-8-6-7-16(11-17)15(3)26/h4-14H,1-3H3,(H2,22,23,24,25). The van der Waals surface area contributed by atoms with Gasteiger partial charge in [0.15, 0.2) is 5.78 Å². The second-order valence-electron chi connectivity index (χ2n) is 6.42. The molecule has 132 valence electrons. The van der Waals surface area contributed by atoms with Crippen LogP contribution < -0.4 is 10.6 Å². The Balaban J connectivity index is 1.81. The van der Waals surface area contributed by atoms with E-state index in [0.29, 0.717) is 23.1 Å². The molecule has 0 atom stereocenters. The molecule has 0 radical (unpaired) electrons. The van der Waals surface area contributed by atoms with E-state index < -0.39 is 0 Å². The highest BCUT2D eigenvalue weighted by atomic mass is 16.1. The highest BCUT2D eigenvalue weighted by molar-refractivity contribution is 5.95. The van der Waals surface area contributed by atoms with Crippen molar-refractivity contribution in [3.63, 3.8) is 0 Å². The summed E-state index contributed by atoms with van der Waals surface area (Å²) in [6.45, 7) is 5.88. The summed E-state index contributed by atoms with van der Waals surface area (Å²) in [6.07, 6.45) is 1.51. The van der Waals surface area contributed by atoms with E-state index in [2.05, 4.69) is 40.5 Å². The van der Waals surface area contributed by atoms with E-state index >= 15 is 0 Å². The molecule has 1 heterocycles. The maximum Gasteiger partial charge on any atom is 0.159 e. The molecule has 0 aliphatic carbocycles. The number of carbonyl (C=O) groups is 1. The van der Waals surface area contributed by atoms with E-state index in [9.17, 15) is 4.79 Å². The van der Waals surface area contributed by atoms with Gasteiger partial charge in [0.1, 0.15) is 18.0 Å². The predicted molar refractivity (Wildman–Crippen MR) is 106 cm³/mol. The number of nitrogens with one attached hydrogen (secondary N) is 2. The van der Waals surface area contributed by atoms with Crippen LogP contribution in [0.2, 0.25) is 0 Å². The minimum atomic E-state index is 0.0315. The summed E-state index contributed by atoms with van der Waals surface area (Å²) < 4.78 is 0. The Labute approximate surface area is 153 Å². The van der Waals surface area contributed by atoms with E-state index in [-0.39, 0.29) is 5.78 Å². The van der Waals surface area contributed by atoms with Crippen LogP contribution in [0.4, 0.5) is 23.0 Å². The van der Waals surface area contributed by atoms with Crippen molar-refractivity contribution in [2.45, 2.75) is 26.7 Å². The van der Waals surface area contributed by atoms with Gasteiger partial charge in [0.25, 0.3) is 0 Å². The van der Waals surface area contributed by atoms with Crippen LogP contribution in [0.3, 0.4) is 0 Å². The first-order valence-corrected chi connectivity index (χ1v) is 8.59. The van der Waals surface area contributed by atoms with Gasteiger partial charge in [0, 0.05) is 23.0 Å². The minimum Gasteiger partial charge on any atom is -0.340 e. The molecular weight excluding hydrogens is 324 g/mol. The Hall–Kier alpha value is -3.21.